The van der Waals surface area contributed by atoms with Gasteiger partial charge in [0.1, 0.15) is 5.75 Å². The molecule has 8 heteroatoms. The van der Waals surface area contributed by atoms with Crippen molar-refractivity contribution in [2.45, 2.75) is 32.4 Å². The van der Waals surface area contributed by atoms with Crippen molar-refractivity contribution < 1.29 is 4.74 Å². The Hall–Kier alpha value is -2.58. The summed E-state index contributed by atoms with van der Waals surface area (Å²) < 4.78 is 7.44. The first kappa shape index (κ1) is 19.7. The molecule has 2 aromatic heterocycles. The van der Waals surface area contributed by atoms with E-state index in [1.165, 1.54) is 0 Å². The second-order valence-electron chi connectivity index (χ2n) is 8.64. The number of hydrogen-bond acceptors (Lipinski definition) is 7. The molecule has 0 radical (unpaired) electrons. The van der Waals surface area contributed by atoms with Gasteiger partial charge in [0.05, 0.1) is 24.2 Å². The highest BCUT2D eigenvalue weighted by atomic mass is 16.5. The molecule has 4 rings (SSSR count). The molecule has 1 atom stereocenters. The van der Waals surface area contributed by atoms with Gasteiger partial charge in [-0.05, 0) is 68.1 Å². The SMILES string of the molecule is COc1ccc2nccc(C(c3nnnn3C(C)(C)C)N3CCN(C)CC3)c2c1. The maximum absolute atomic E-state index is 5.49. The molecule has 1 fully saturated rings. The number of benzene rings is 1. The minimum absolute atomic E-state index is 0.0597. The van der Waals surface area contributed by atoms with Gasteiger partial charge in [0.2, 0.25) is 0 Å². The maximum Gasteiger partial charge on any atom is 0.173 e. The summed E-state index contributed by atoms with van der Waals surface area (Å²) in [6, 6.07) is 8.04. The van der Waals surface area contributed by atoms with Crippen LogP contribution in [0.2, 0.25) is 0 Å². The van der Waals surface area contributed by atoms with Crippen molar-refractivity contribution >= 4 is 10.9 Å². The third kappa shape index (κ3) is 3.82. The van der Waals surface area contributed by atoms with Crippen LogP contribution in [0, 0.1) is 0 Å². The van der Waals surface area contributed by atoms with Crippen molar-refractivity contribution in [1.82, 2.24) is 35.0 Å². The smallest absolute Gasteiger partial charge is 0.173 e. The third-order valence-electron chi connectivity index (χ3n) is 5.55. The molecule has 3 heterocycles. The number of nitrogens with zero attached hydrogens (tertiary/aromatic N) is 7. The molecule has 29 heavy (non-hydrogen) atoms. The normalized spacial score (nSPS) is 17.6. The Morgan fingerprint density at radius 1 is 1.07 bits per heavy atom. The number of pyridine rings is 1. The summed E-state index contributed by atoms with van der Waals surface area (Å²) in [6.45, 7) is 10.3. The molecule has 8 nitrogen and oxygen atoms in total. The van der Waals surface area contributed by atoms with Crippen LogP contribution in [-0.2, 0) is 5.54 Å². The zero-order valence-corrected chi connectivity index (χ0v) is 17.8. The molecule has 3 aromatic rings. The summed E-state index contributed by atoms with van der Waals surface area (Å²) in [5, 5.41) is 13.9. The van der Waals surface area contributed by atoms with Crippen LogP contribution < -0.4 is 4.74 Å². The predicted octanol–water partition coefficient (Wildman–Crippen LogP) is 2.32. The number of aromatic nitrogens is 5. The molecular formula is C21H29N7O. The Bertz CT molecular complexity index is 986. The van der Waals surface area contributed by atoms with Crippen molar-refractivity contribution in [3.8, 4) is 5.75 Å². The van der Waals surface area contributed by atoms with E-state index >= 15 is 0 Å². The summed E-state index contributed by atoms with van der Waals surface area (Å²) in [7, 11) is 3.85. The summed E-state index contributed by atoms with van der Waals surface area (Å²) in [5.74, 6) is 1.68. The van der Waals surface area contributed by atoms with Crippen molar-refractivity contribution in [3.63, 3.8) is 0 Å². The third-order valence-corrected chi connectivity index (χ3v) is 5.55. The lowest BCUT2D eigenvalue weighted by Gasteiger charge is -2.38. The van der Waals surface area contributed by atoms with Crippen LogP contribution in [0.5, 0.6) is 5.75 Å². The number of piperazine rings is 1. The van der Waals surface area contributed by atoms with E-state index in [0.29, 0.717) is 0 Å². The first-order chi connectivity index (χ1) is 13.9. The van der Waals surface area contributed by atoms with E-state index in [1.54, 1.807) is 7.11 Å². The van der Waals surface area contributed by atoms with E-state index < -0.39 is 0 Å². The Balaban J connectivity index is 1.90. The largest absolute Gasteiger partial charge is 0.497 e. The molecule has 0 aliphatic carbocycles. The van der Waals surface area contributed by atoms with Gasteiger partial charge in [0, 0.05) is 37.8 Å². The Morgan fingerprint density at radius 3 is 2.52 bits per heavy atom. The fourth-order valence-corrected chi connectivity index (χ4v) is 3.93. The number of hydrogen-bond donors (Lipinski definition) is 0. The lowest BCUT2D eigenvalue weighted by Crippen LogP contribution is -2.47. The van der Waals surface area contributed by atoms with Crippen molar-refractivity contribution in [3.05, 3.63) is 41.9 Å². The topological polar surface area (TPSA) is 72.2 Å². The predicted molar refractivity (Wildman–Crippen MR) is 112 cm³/mol. The molecule has 1 unspecified atom stereocenters. The van der Waals surface area contributed by atoms with Crippen LogP contribution in [0.15, 0.2) is 30.5 Å². The first-order valence-corrected chi connectivity index (χ1v) is 10.0. The second-order valence-corrected chi connectivity index (χ2v) is 8.64. The number of likely N-dealkylation sites (N-methyl/N-ethyl adjacent to an activating group) is 1. The number of ether oxygens (including phenoxy) is 1. The highest BCUT2D eigenvalue weighted by Crippen LogP contribution is 2.35. The Morgan fingerprint density at radius 2 is 1.83 bits per heavy atom. The highest BCUT2D eigenvalue weighted by Gasteiger charge is 2.33. The van der Waals surface area contributed by atoms with Gasteiger partial charge in [-0.25, -0.2) is 4.68 Å². The number of methoxy groups -OCH3 is 1. The van der Waals surface area contributed by atoms with Crippen LogP contribution >= 0.6 is 0 Å². The molecule has 0 spiro atoms. The molecule has 154 valence electrons. The van der Waals surface area contributed by atoms with Gasteiger partial charge >= 0.3 is 0 Å². The molecular weight excluding hydrogens is 366 g/mol. The van der Waals surface area contributed by atoms with E-state index in [0.717, 1.165) is 54.2 Å². The highest BCUT2D eigenvalue weighted by molar-refractivity contribution is 5.84. The molecule has 1 aliphatic heterocycles. The summed E-state index contributed by atoms with van der Waals surface area (Å²) in [4.78, 5) is 9.40. The zero-order chi connectivity index (χ0) is 20.6. The molecule has 0 saturated carbocycles. The first-order valence-electron chi connectivity index (χ1n) is 10.0. The van der Waals surface area contributed by atoms with Crippen molar-refractivity contribution in [2.24, 2.45) is 0 Å². The van der Waals surface area contributed by atoms with Crippen LogP contribution in [-0.4, -0.2) is 75.3 Å². The molecule has 1 saturated heterocycles. The molecule has 1 aromatic carbocycles. The Kier molecular flexibility index (Phi) is 5.23. The number of tetrazole rings is 1. The average Bonchev–Trinajstić information content (AvgIpc) is 3.19. The average molecular weight is 396 g/mol. The molecule has 1 aliphatic rings. The van der Waals surface area contributed by atoms with E-state index in [9.17, 15) is 0 Å². The fraction of sp³-hybridized carbons (Fsp3) is 0.524. The molecule has 0 amide bonds. The lowest BCUT2D eigenvalue weighted by atomic mass is 9.98. The number of fused-ring (bicyclic) bond motifs is 1. The van der Waals surface area contributed by atoms with Gasteiger partial charge in [-0.3, -0.25) is 9.88 Å². The summed E-state index contributed by atoms with van der Waals surface area (Å²) in [6.07, 6.45) is 1.87. The minimum Gasteiger partial charge on any atom is -0.497 e. The second kappa shape index (κ2) is 7.68. The van der Waals surface area contributed by atoms with Gasteiger partial charge in [-0.1, -0.05) is 0 Å². The van der Waals surface area contributed by atoms with E-state index in [4.69, 9.17) is 4.74 Å². The van der Waals surface area contributed by atoms with Crippen LogP contribution in [0.4, 0.5) is 0 Å². The van der Waals surface area contributed by atoms with E-state index in [1.807, 2.05) is 23.0 Å². The van der Waals surface area contributed by atoms with Gasteiger partial charge in [0.25, 0.3) is 0 Å². The maximum atomic E-state index is 5.49. The lowest BCUT2D eigenvalue weighted by molar-refractivity contribution is 0.119. The van der Waals surface area contributed by atoms with E-state index in [-0.39, 0.29) is 11.6 Å². The standard InChI is InChI=1S/C21H29N7O/c1-21(2,3)28-20(23-24-25-28)19(27-12-10-26(4)11-13-27)16-8-9-22-18-7-6-15(29-5)14-17(16)18/h6-9,14,19H,10-13H2,1-5H3. The summed E-state index contributed by atoms with van der Waals surface area (Å²) in [5.41, 5.74) is 1.88. The quantitative estimate of drug-likeness (QED) is 0.671. The zero-order valence-electron chi connectivity index (χ0n) is 17.8. The Labute approximate surface area is 171 Å². The van der Waals surface area contributed by atoms with Gasteiger partial charge in [-0.2, -0.15) is 0 Å². The van der Waals surface area contributed by atoms with Crippen molar-refractivity contribution in [2.75, 3.05) is 40.3 Å². The number of rotatable bonds is 4. The van der Waals surface area contributed by atoms with Gasteiger partial charge < -0.3 is 9.64 Å². The van der Waals surface area contributed by atoms with E-state index in [2.05, 4.69) is 70.3 Å². The van der Waals surface area contributed by atoms with Crippen LogP contribution in [0.1, 0.15) is 38.2 Å². The molecule has 0 N–H and O–H groups in total. The minimum atomic E-state index is -0.218. The monoisotopic (exact) mass is 395 g/mol. The van der Waals surface area contributed by atoms with Gasteiger partial charge in [0.15, 0.2) is 5.82 Å². The van der Waals surface area contributed by atoms with Crippen LogP contribution in [0.25, 0.3) is 10.9 Å². The van der Waals surface area contributed by atoms with Crippen LogP contribution in [0.3, 0.4) is 0 Å². The van der Waals surface area contributed by atoms with Gasteiger partial charge in [-0.15, -0.1) is 5.10 Å². The fourth-order valence-electron chi connectivity index (χ4n) is 3.93. The van der Waals surface area contributed by atoms with Crippen molar-refractivity contribution in [1.29, 1.82) is 0 Å². The summed E-state index contributed by atoms with van der Waals surface area (Å²) >= 11 is 0. The molecule has 0 bridgehead atoms.